The zero-order valence-electron chi connectivity index (χ0n) is 14.8. The van der Waals surface area contributed by atoms with Gasteiger partial charge in [0.15, 0.2) is 17.9 Å². The van der Waals surface area contributed by atoms with E-state index in [-0.39, 0.29) is 18.3 Å². The summed E-state index contributed by atoms with van der Waals surface area (Å²) in [5.74, 6) is -1.40. The van der Waals surface area contributed by atoms with Crippen molar-refractivity contribution in [2.75, 3.05) is 13.2 Å². The Hall–Kier alpha value is -1.10. The minimum absolute atomic E-state index is 0.283. The normalized spacial score (nSPS) is 44.2. The van der Waals surface area contributed by atoms with Crippen LogP contribution in [-0.4, -0.2) is 64.4 Å². The summed E-state index contributed by atoms with van der Waals surface area (Å²) in [6, 6.07) is 0. The van der Waals surface area contributed by atoms with Crippen LogP contribution in [0.3, 0.4) is 0 Å². The highest BCUT2D eigenvalue weighted by atomic mass is 16.8. The molecule has 5 atom stereocenters. The monoisotopic (exact) mass is 353 g/mol. The maximum absolute atomic E-state index is 6.30. The third-order valence-electron chi connectivity index (χ3n) is 5.29. The largest absolute Gasteiger partial charge is 0.372 e. The summed E-state index contributed by atoms with van der Waals surface area (Å²) in [5.41, 5.74) is 0.170. The van der Waals surface area contributed by atoms with Crippen LogP contribution in [0.4, 0.5) is 0 Å². The molecule has 3 fully saturated rings. The highest BCUT2D eigenvalue weighted by Gasteiger charge is 2.69. The van der Waals surface area contributed by atoms with Gasteiger partial charge in [-0.3, -0.25) is 0 Å². The average molecular weight is 353 g/mol. The standard InChI is InChI=1S/C16H23N3O6/c1-14(2)21-7-10(23-14)11-16(8-20-6-9-5-17-18-19(9)16)12-13(22-11)25-15(3,4)24-12/h5,10-13H,6-8H2,1-4H3/t10-,11+,12+,13-,16+/m1/s1. The van der Waals surface area contributed by atoms with Crippen LogP contribution in [0.2, 0.25) is 0 Å². The lowest BCUT2D eigenvalue weighted by Crippen LogP contribution is -2.60. The lowest BCUT2D eigenvalue weighted by Gasteiger charge is -2.42. The molecule has 1 aromatic heterocycles. The van der Waals surface area contributed by atoms with Crippen LogP contribution in [0.5, 0.6) is 0 Å². The predicted octanol–water partition coefficient (Wildman–Crippen LogP) is 0.532. The van der Waals surface area contributed by atoms with Crippen LogP contribution >= 0.6 is 0 Å². The highest BCUT2D eigenvalue weighted by Crippen LogP contribution is 2.50. The van der Waals surface area contributed by atoms with E-state index >= 15 is 0 Å². The highest BCUT2D eigenvalue weighted by molar-refractivity contribution is 5.15. The quantitative estimate of drug-likeness (QED) is 0.723. The third-order valence-corrected chi connectivity index (χ3v) is 5.29. The summed E-state index contributed by atoms with van der Waals surface area (Å²) in [6.07, 6.45) is 0.143. The summed E-state index contributed by atoms with van der Waals surface area (Å²) in [7, 11) is 0. The van der Waals surface area contributed by atoms with E-state index in [0.29, 0.717) is 19.8 Å². The van der Waals surface area contributed by atoms with Crippen molar-refractivity contribution in [3.05, 3.63) is 11.9 Å². The lowest BCUT2D eigenvalue weighted by atomic mass is 9.85. The Balaban J connectivity index is 1.59. The van der Waals surface area contributed by atoms with Crippen molar-refractivity contribution in [2.24, 2.45) is 0 Å². The molecule has 4 aliphatic heterocycles. The number of rotatable bonds is 1. The van der Waals surface area contributed by atoms with Gasteiger partial charge in [-0.15, -0.1) is 5.10 Å². The van der Waals surface area contributed by atoms with Crippen molar-refractivity contribution in [2.45, 2.75) is 76.0 Å². The summed E-state index contributed by atoms with van der Waals surface area (Å²) in [4.78, 5) is 0. The van der Waals surface area contributed by atoms with Crippen LogP contribution < -0.4 is 0 Å². The minimum Gasteiger partial charge on any atom is -0.372 e. The molecule has 9 heteroatoms. The molecule has 0 N–H and O–H groups in total. The third kappa shape index (κ3) is 2.23. The van der Waals surface area contributed by atoms with Crippen LogP contribution in [0.15, 0.2) is 6.20 Å². The fourth-order valence-electron chi connectivity index (χ4n) is 4.36. The molecule has 0 aliphatic carbocycles. The smallest absolute Gasteiger partial charge is 0.190 e. The second kappa shape index (κ2) is 4.99. The first-order chi connectivity index (χ1) is 11.8. The van der Waals surface area contributed by atoms with Crippen LogP contribution in [0, 0.1) is 0 Å². The number of nitrogens with zero attached hydrogens (tertiary/aromatic N) is 3. The summed E-state index contributed by atoms with van der Waals surface area (Å²) >= 11 is 0. The molecular formula is C16H23N3O6. The number of ether oxygens (including phenoxy) is 6. The maximum Gasteiger partial charge on any atom is 0.190 e. The van der Waals surface area contributed by atoms with Crippen molar-refractivity contribution in [3.63, 3.8) is 0 Å². The molecule has 0 aromatic carbocycles. The predicted molar refractivity (Wildman–Crippen MR) is 81.3 cm³/mol. The number of hydrogen-bond donors (Lipinski definition) is 0. The van der Waals surface area contributed by atoms with Gasteiger partial charge in [-0.1, -0.05) is 5.21 Å². The van der Waals surface area contributed by atoms with E-state index in [2.05, 4.69) is 10.3 Å². The Morgan fingerprint density at radius 3 is 2.68 bits per heavy atom. The zero-order valence-corrected chi connectivity index (χ0v) is 14.8. The van der Waals surface area contributed by atoms with Gasteiger partial charge in [0.25, 0.3) is 0 Å². The number of hydrogen-bond acceptors (Lipinski definition) is 8. The second-order valence-corrected chi connectivity index (χ2v) is 7.97. The van der Waals surface area contributed by atoms with Crippen molar-refractivity contribution in [3.8, 4) is 0 Å². The summed E-state index contributed by atoms with van der Waals surface area (Å²) in [5, 5.41) is 8.40. The van der Waals surface area contributed by atoms with Gasteiger partial charge in [0.1, 0.15) is 23.9 Å². The van der Waals surface area contributed by atoms with E-state index in [0.717, 1.165) is 5.69 Å². The molecule has 0 unspecified atom stereocenters. The zero-order chi connectivity index (χ0) is 17.4. The minimum atomic E-state index is -0.738. The fourth-order valence-corrected chi connectivity index (χ4v) is 4.36. The van der Waals surface area contributed by atoms with E-state index in [1.54, 1.807) is 6.20 Å². The molecule has 4 aliphatic rings. The molecule has 0 bridgehead atoms. The Bertz CT molecular complexity index is 691. The van der Waals surface area contributed by atoms with Crippen molar-refractivity contribution in [1.29, 1.82) is 0 Å². The fraction of sp³-hybridized carbons (Fsp3) is 0.875. The Morgan fingerprint density at radius 2 is 1.92 bits per heavy atom. The van der Waals surface area contributed by atoms with Crippen LogP contribution in [-0.2, 0) is 40.6 Å². The van der Waals surface area contributed by atoms with Gasteiger partial charge in [0.2, 0.25) is 0 Å². The van der Waals surface area contributed by atoms with E-state index in [4.69, 9.17) is 28.4 Å². The van der Waals surface area contributed by atoms with Crippen LogP contribution in [0.25, 0.3) is 0 Å². The van der Waals surface area contributed by atoms with E-state index < -0.39 is 23.4 Å². The second-order valence-electron chi connectivity index (χ2n) is 7.97. The first kappa shape index (κ1) is 16.1. The molecule has 5 heterocycles. The van der Waals surface area contributed by atoms with Crippen molar-refractivity contribution < 1.29 is 28.4 Å². The van der Waals surface area contributed by atoms with Gasteiger partial charge < -0.3 is 28.4 Å². The molecule has 0 radical (unpaired) electrons. The van der Waals surface area contributed by atoms with Crippen LogP contribution in [0.1, 0.15) is 33.4 Å². The van der Waals surface area contributed by atoms with Gasteiger partial charge in [0, 0.05) is 0 Å². The van der Waals surface area contributed by atoms with Gasteiger partial charge >= 0.3 is 0 Å². The van der Waals surface area contributed by atoms with Gasteiger partial charge in [-0.05, 0) is 27.7 Å². The average Bonchev–Trinajstić information content (AvgIpc) is 3.24. The molecule has 3 saturated heterocycles. The molecule has 138 valence electrons. The van der Waals surface area contributed by atoms with Gasteiger partial charge in [-0.2, -0.15) is 0 Å². The number of aromatic nitrogens is 3. The van der Waals surface area contributed by atoms with E-state index in [1.165, 1.54) is 0 Å². The Labute approximate surface area is 145 Å². The maximum atomic E-state index is 6.30. The van der Waals surface area contributed by atoms with Gasteiger partial charge in [-0.25, -0.2) is 4.68 Å². The molecule has 5 rings (SSSR count). The molecular weight excluding hydrogens is 330 g/mol. The topological polar surface area (TPSA) is 86.1 Å². The molecule has 1 aromatic rings. The van der Waals surface area contributed by atoms with E-state index in [9.17, 15) is 0 Å². The van der Waals surface area contributed by atoms with Crippen molar-refractivity contribution in [1.82, 2.24) is 15.0 Å². The SMILES string of the molecule is CC1(C)OC[C@H]([C@@H]2O[C@@H]3OC(C)(C)O[C@@H]3[C@]23COCc2cnnn23)O1. The number of fused-ring (bicyclic) bond motifs is 4. The molecule has 25 heavy (non-hydrogen) atoms. The molecule has 1 spiro atoms. The molecule has 9 nitrogen and oxygen atoms in total. The summed E-state index contributed by atoms with van der Waals surface area (Å²) in [6.45, 7) is 8.80. The summed E-state index contributed by atoms with van der Waals surface area (Å²) < 4.78 is 38.1. The van der Waals surface area contributed by atoms with Gasteiger partial charge in [0.05, 0.1) is 31.7 Å². The molecule has 0 amide bonds. The lowest BCUT2D eigenvalue weighted by molar-refractivity contribution is -0.243. The first-order valence-corrected chi connectivity index (χ1v) is 8.61. The van der Waals surface area contributed by atoms with E-state index in [1.807, 2.05) is 32.4 Å². The Morgan fingerprint density at radius 1 is 1.08 bits per heavy atom. The first-order valence-electron chi connectivity index (χ1n) is 8.61. The molecule has 0 saturated carbocycles. The van der Waals surface area contributed by atoms with Crippen molar-refractivity contribution >= 4 is 0 Å². The Kier molecular flexibility index (Phi) is 3.22.